The molecule has 0 amide bonds. The van der Waals surface area contributed by atoms with Crippen LogP contribution in [0.1, 0.15) is 16.7 Å². The first kappa shape index (κ1) is 13.1. The number of nitrogen functional groups attached to an aromatic ring is 1. The molecule has 3 heteroatoms. The zero-order valence-electron chi connectivity index (χ0n) is 11.4. The maximum absolute atomic E-state index is 7.47. The Kier molecular flexibility index (Phi) is 3.85. The smallest absolute Gasteiger partial charge is 0.122 e. The van der Waals surface area contributed by atoms with Crippen LogP contribution in [0.25, 0.3) is 0 Å². The van der Waals surface area contributed by atoms with E-state index in [1.54, 1.807) is 0 Å². The molecule has 0 aliphatic carbocycles. The summed E-state index contributed by atoms with van der Waals surface area (Å²) < 4.78 is 0. The predicted molar refractivity (Wildman–Crippen MR) is 80.7 cm³/mol. The zero-order chi connectivity index (χ0) is 13.8. The molecule has 0 unspecified atom stereocenters. The quantitative estimate of drug-likeness (QED) is 0.650. The van der Waals surface area contributed by atoms with Crippen molar-refractivity contribution in [3.05, 3.63) is 65.2 Å². The van der Waals surface area contributed by atoms with Crippen LogP contribution >= 0.6 is 0 Å². The van der Waals surface area contributed by atoms with Crippen molar-refractivity contribution in [3.63, 3.8) is 0 Å². The lowest BCUT2D eigenvalue weighted by Crippen LogP contribution is -2.17. The standard InChI is InChI=1S/C16H19N3/c1-12-5-3-8-15(9-12)19(2)11-13-6-4-7-14(10-13)16(17)18/h3-10H,11H2,1-2H3,(H3,17,18). The van der Waals surface area contributed by atoms with E-state index in [1.165, 1.54) is 11.3 Å². The molecule has 2 rings (SSSR count). The van der Waals surface area contributed by atoms with Crippen molar-refractivity contribution in [2.75, 3.05) is 11.9 Å². The molecule has 2 aromatic carbocycles. The molecule has 2 aromatic rings. The van der Waals surface area contributed by atoms with Crippen LogP contribution in [0.15, 0.2) is 48.5 Å². The predicted octanol–water partition coefficient (Wildman–Crippen LogP) is 2.92. The Morgan fingerprint density at radius 2 is 1.89 bits per heavy atom. The summed E-state index contributed by atoms with van der Waals surface area (Å²) in [7, 11) is 2.06. The molecule has 98 valence electrons. The Labute approximate surface area is 114 Å². The van der Waals surface area contributed by atoms with E-state index in [0.29, 0.717) is 0 Å². The summed E-state index contributed by atoms with van der Waals surface area (Å²) in [6.07, 6.45) is 0. The molecule has 0 aromatic heterocycles. The number of nitrogens with two attached hydrogens (primary N) is 1. The Bertz CT molecular complexity index is 590. The fourth-order valence-electron chi connectivity index (χ4n) is 2.07. The van der Waals surface area contributed by atoms with Gasteiger partial charge in [-0.15, -0.1) is 0 Å². The van der Waals surface area contributed by atoms with Gasteiger partial charge in [-0.05, 0) is 36.2 Å². The van der Waals surface area contributed by atoms with E-state index in [-0.39, 0.29) is 5.84 Å². The Hall–Kier alpha value is -2.29. The number of aryl methyl sites for hydroxylation is 1. The lowest BCUT2D eigenvalue weighted by molar-refractivity contribution is 0.921. The van der Waals surface area contributed by atoms with E-state index in [4.69, 9.17) is 11.1 Å². The summed E-state index contributed by atoms with van der Waals surface area (Å²) in [5, 5.41) is 7.47. The van der Waals surface area contributed by atoms with E-state index in [0.717, 1.165) is 17.7 Å². The van der Waals surface area contributed by atoms with Crippen molar-refractivity contribution in [1.82, 2.24) is 0 Å². The normalized spacial score (nSPS) is 10.2. The largest absolute Gasteiger partial charge is 0.384 e. The van der Waals surface area contributed by atoms with Crippen LogP contribution in [-0.4, -0.2) is 12.9 Å². The number of rotatable bonds is 4. The summed E-state index contributed by atoms with van der Waals surface area (Å²) in [6, 6.07) is 16.2. The third kappa shape index (κ3) is 3.35. The number of anilines is 1. The van der Waals surface area contributed by atoms with Gasteiger partial charge in [0.05, 0.1) is 0 Å². The third-order valence-electron chi connectivity index (χ3n) is 3.10. The van der Waals surface area contributed by atoms with Gasteiger partial charge in [-0.3, -0.25) is 5.41 Å². The highest BCUT2D eigenvalue weighted by molar-refractivity contribution is 5.95. The van der Waals surface area contributed by atoms with Crippen LogP contribution in [0.3, 0.4) is 0 Å². The molecular weight excluding hydrogens is 234 g/mol. The van der Waals surface area contributed by atoms with Gasteiger partial charge in [0, 0.05) is 24.8 Å². The molecule has 0 aliphatic rings. The summed E-state index contributed by atoms with van der Waals surface area (Å²) in [5.74, 6) is 0.111. The van der Waals surface area contributed by atoms with Gasteiger partial charge in [0.15, 0.2) is 0 Å². The molecule has 0 fully saturated rings. The maximum Gasteiger partial charge on any atom is 0.122 e. The van der Waals surface area contributed by atoms with E-state index < -0.39 is 0 Å². The van der Waals surface area contributed by atoms with Crippen LogP contribution in [0.5, 0.6) is 0 Å². The minimum atomic E-state index is 0.111. The number of nitrogens with zero attached hydrogens (tertiary/aromatic N) is 1. The topological polar surface area (TPSA) is 53.1 Å². The zero-order valence-corrected chi connectivity index (χ0v) is 11.4. The van der Waals surface area contributed by atoms with Crippen molar-refractivity contribution < 1.29 is 0 Å². The Balaban J connectivity index is 2.17. The number of hydrogen-bond donors (Lipinski definition) is 2. The summed E-state index contributed by atoms with van der Waals surface area (Å²) in [5.41, 5.74) is 9.88. The maximum atomic E-state index is 7.47. The van der Waals surface area contributed by atoms with Crippen LogP contribution in [0, 0.1) is 12.3 Å². The van der Waals surface area contributed by atoms with Crippen molar-refractivity contribution in [1.29, 1.82) is 5.41 Å². The molecule has 0 atom stereocenters. The van der Waals surface area contributed by atoms with Crippen LogP contribution in [0.2, 0.25) is 0 Å². The highest BCUT2D eigenvalue weighted by Gasteiger charge is 2.04. The van der Waals surface area contributed by atoms with E-state index in [2.05, 4.69) is 49.2 Å². The average Bonchev–Trinajstić information content (AvgIpc) is 2.39. The molecule has 0 saturated heterocycles. The minimum Gasteiger partial charge on any atom is -0.384 e. The van der Waals surface area contributed by atoms with Crippen molar-refractivity contribution >= 4 is 11.5 Å². The number of amidine groups is 1. The highest BCUT2D eigenvalue weighted by atomic mass is 15.1. The lowest BCUT2D eigenvalue weighted by atomic mass is 10.1. The molecule has 0 radical (unpaired) electrons. The third-order valence-corrected chi connectivity index (χ3v) is 3.10. The fraction of sp³-hybridized carbons (Fsp3) is 0.188. The van der Waals surface area contributed by atoms with E-state index >= 15 is 0 Å². The summed E-state index contributed by atoms with van der Waals surface area (Å²) in [4.78, 5) is 2.19. The first-order chi connectivity index (χ1) is 9.06. The van der Waals surface area contributed by atoms with Gasteiger partial charge in [-0.25, -0.2) is 0 Å². The molecule has 0 spiro atoms. The number of nitrogens with one attached hydrogen (secondary N) is 1. The second kappa shape index (κ2) is 5.57. The van der Waals surface area contributed by atoms with Crippen molar-refractivity contribution in [2.45, 2.75) is 13.5 Å². The molecule has 0 aliphatic heterocycles. The molecule has 3 nitrogen and oxygen atoms in total. The average molecular weight is 253 g/mol. The van der Waals surface area contributed by atoms with E-state index in [9.17, 15) is 0 Å². The van der Waals surface area contributed by atoms with Gasteiger partial charge in [0.2, 0.25) is 0 Å². The SMILES string of the molecule is Cc1cccc(N(C)Cc2cccc(C(=N)N)c2)c1. The summed E-state index contributed by atoms with van der Waals surface area (Å²) in [6.45, 7) is 2.89. The molecule has 0 heterocycles. The van der Waals surface area contributed by atoms with Gasteiger partial charge in [0.25, 0.3) is 0 Å². The second-order valence-corrected chi connectivity index (χ2v) is 4.81. The van der Waals surface area contributed by atoms with Gasteiger partial charge in [-0.2, -0.15) is 0 Å². The molecule has 0 saturated carbocycles. The van der Waals surface area contributed by atoms with Crippen molar-refractivity contribution in [2.24, 2.45) is 5.73 Å². The van der Waals surface area contributed by atoms with Gasteiger partial charge in [-0.1, -0.05) is 30.3 Å². The van der Waals surface area contributed by atoms with Gasteiger partial charge >= 0.3 is 0 Å². The summed E-state index contributed by atoms with van der Waals surface area (Å²) >= 11 is 0. The van der Waals surface area contributed by atoms with Crippen LogP contribution < -0.4 is 10.6 Å². The molecular formula is C16H19N3. The number of benzene rings is 2. The van der Waals surface area contributed by atoms with Gasteiger partial charge in [0.1, 0.15) is 5.84 Å². The first-order valence-corrected chi connectivity index (χ1v) is 6.27. The molecule has 19 heavy (non-hydrogen) atoms. The van der Waals surface area contributed by atoms with Crippen molar-refractivity contribution in [3.8, 4) is 0 Å². The second-order valence-electron chi connectivity index (χ2n) is 4.81. The van der Waals surface area contributed by atoms with E-state index in [1.807, 2.05) is 18.2 Å². The molecule has 0 bridgehead atoms. The number of hydrogen-bond acceptors (Lipinski definition) is 2. The first-order valence-electron chi connectivity index (χ1n) is 6.27. The molecule has 3 N–H and O–H groups in total. The minimum absolute atomic E-state index is 0.111. The van der Waals surface area contributed by atoms with Crippen LogP contribution in [-0.2, 0) is 6.54 Å². The van der Waals surface area contributed by atoms with Crippen LogP contribution in [0.4, 0.5) is 5.69 Å². The monoisotopic (exact) mass is 253 g/mol. The van der Waals surface area contributed by atoms with Gasteiger partial charge < -0.3 is 10.6 Å². The fourth-order valence-corrected chi connectivity index (χ4v) is 2.07. The Morgan fingerprint density at radius 3 is 2.58 bits per heavy atom. The lowest BCUT2D eigenvalue weighted by Gasteiger charge is -2.20. The Morgan fingerprint density at radius 1 is 1.16 bits per heavy atom. The highest BCUT2D eigenvalue weighted by Crippen LogP contribution is 2.17.